The van der Waals surface area contributed by atoms with Gasteiger partial charge in [0.05, 0.1) is 18.1 Å². The molecule has 0 saturated heterocycles. The normalized spacial score (nSPS) is 12.8. The van der Waals surface area contributed by atoms with Crippen molar-refractivity contribution in [3.05, 3.63) is 82.6 Å². The van der Waals surface area contributed by atoms with E-state index < -0.39 is 15.8 Å². The van der Waals surface area contributed by atoms with Gasteiger partial charge in [-0.15, -0.1) is 0 Å². The minimum Gasteiger partial charge on any atom is -0.465 e. The second kappa shape index (κ2) is 7.75. The Bertz CT molecular complexity index is 864. The number of carbonyl (C=O) groups is 1. The standard InChI is InChI=1S/C19H18O4S/c1-15(16-9-5-3-6-10-16)13-24(21,22)14-18(19(20)23-2)17-11-7-4-8-12-17/h3-14H,1-2H3. The molecule has 0 atom stereocenters. The van der Waals surface area contributed by atoms with E-state index in [4.69, 9.17) is 4.74 Å². The summed E-state index contributed by atoms with van der Waals surface area (Å²) in [7, 11) is -2.54. The van der Waals surface area contributed by atoms with Gasteiger partial charge in [0, 0.05) is 5.41 Å². The van der Waals surface area contributed by atoms with Crippen molar-refractivity contribution in [3.8, 4) is 0 Å². The second-order valence-electron chi connectivity index (χ2n) is 5.15. The van der Waals surface area contributed by atoms with Crippen molar-refractivity contribution in [2.24, 2.45) is 0 Å². The highest BCUT2D eigenvalue weighted by atomic mass is 32.2. The summed E-state index contributed by atoms with van der Waals surface area (Å²) in [5.74, 6) is -0.699. The van der Waals surface area contributed by atoms with Gasteiger partial charge in [-0.2, -0.15) is 0 Å². The SMILES string of the molecule is COC(=O)C(=CS(=O)(=O)C=C(C)c1ccccc1)c1ccccc1. The topological polar surface area (TPSA) is 60.4 Å². The first kappa shape index (κ1) is 17.7. The van der Waals surface area contributed by atoms with Gasteiger partial charge in [0.25, 0.3) is 0 Å². The minimum atomic E-state index is -3.76. The number of methoxy groups -OCH3 is 1. The Kier molecular flexibility index (Phi) is 5.71. The molecule has 0 radical (unpaired) electrons. The van der Waals surface area contributed by atoms with Crippen LogP contribution in [0, 0.1) is 0 Å². The van der Waals surface area contributed by atoms with Crippen molar-refractivity contribution in [3.63, 3.8) is 0 Å². The maximum absolute atomic E-state index is 12.5. The average Bonchev–Trinajstić information content (AvgIpc) is 2.60. The highest BCUT2D eigenvalue weighted by Gasteiger charge is 2.16. The van der Waals surface area contributed by atoms with Gasteiger partial charge in [-0.1, -0.05) is 60.7 Å². The summed E-state index contributed by atoms with van der Waals surface area (Å²) in [6.45, 7) is 1.71. The Balaban J connectivity index is 2.46. The quantitative estimate of drug-likeness (QED) is 0.614. The Morgan fingerprint density at radius 3 is 1.88 bits per heavy atom. The largest absolute Gasteiger partial charge is 0.465 e. The number of hydrogen-bond donors (Lipinski definition) is 0. The van der Waals surface area contributed by atoms with Crippen LogP contribution in [0.4, 0.5) is 0 Å². The van der Waals surface area contributed by atoms with Crippen LogP contribution in [0.25, 0.3) is 11.1 Å². The highest BCUT2D eigenvalue weighted by Crippen LogP contribution is 2.20. The lowest BCUT2D eigenvalue weighted by Gasteiger charge is -2.06. The summed E-state index contributed by atoms with van der Waals surface area (Å²) < 4.78 is 29.6. The minimum absolute atomic E-state index is 0.00443. The fourth-order valence-electron chi connectivity index (χ4n) is 2.18. The maximum Gasteiger partial charge on any atom is 0.339 e. The molecule has 0 bridgehead atoms. The van der Waals surface area contributed by atoms with Gasteiger partial charge in [0.15, 0.2) is 9.84 Å². The van der Waals surface area contributed by atoms with Crippen molar-refractivity contribution in [2.45, 2.75) is 6.92 Å². The predicted molar refractivity (Wildman–Crippen MR) is 95.4 cm³/mol. The van der Waals surface area contributed by atoms with Gasteiger partial charge in [-0.05, 0) is 23.6 Å². The molecule has 2 rings (SSSR count). The zero-order valence-electron chi connectivity index (χ0n) is 13.5. The summed E-state index contributed by atoms with van der Waals surface area (Å²) in [4.78, 5) is 12.0. The average molecular weight is 342 g/mol. The van der Waals surface area contributed by atoms with Gasteiger partial charge in [0.2, 0.25) is 0 Å². The number of carbonyl (C=O) groups excluding carboxylic acids is 1. The molecule has 4 nitrogen and oxygen atoms in total. The second-order valence-corrected chi connectivity index (χ2v) is 6.79. The molecule has 0 spiro atoms. The molecule has 0 unspecified atom stereocenters. The Hall–Kier alpha value is -2.66. The molecule has 2 aromatic carbocycles. The van der Waals surface area contributed by atoms with Crippen LogP contribution in [-0.4, -0.2) is 21.5 Å². The van der Waals surface area contributed by atoms with E-state index in [-0.39, 0.29) is 5.57 Å². The molecule has 0 aliphatic rings. The van der Waals surface area contributed by atoms with Crippen molar-refractivity contribution in [1.82, 2.24) is 0 Å². The summed E-state index contributed by atoms with van der Waals surface area (Å²) in [6, 6.07) is 17.7. The molecule has 0 amide bonds. The fraction of sp³-hybridized carbons (Fsp3) is 0.105. The first-order valence-corrected chi connectivity index (χ1v) is 8.88. The zero-order valence-corrected chi connectivity index (χ0v) is 14.3. The summed E-state index contributed by atoms with van der Waals surface area (Å²) in [6.07, 6.45) is 0. The molecule has 0 fully saturated rings. The number of benzene rings is 2. The van der Waals surface area contributed by atoms with Crippen LogP contribution in [0.2, 0.25) is 0 Å². The lowest BCUT2D eigenvalue weighted by atomic mass is 10.1. The van der Waals surface area contributed by atoms with E-state index in [1.165, 1.54) is 7.11 Å². The molecule has 5 heteroatoms. The summed E-state index contributed by atoms with van der Waals surface area (Å²) in [5, 5.41) is 2.09. The van der Waals surface area contributed by atoms with Crippen molar-refractivity contribution >= 4 is 27.0 Å². The summed E-state index contributed by atoms with van der Waals surface area (Å²) >= 11 is 0. The molecule has 0 aliphatic heterocycles. The van der Waals surface area contributed by atoms with Crippen LogP contribution in [0.5, 0.6) is 0 Å². The van der Waals surface area contributed by atoms with E-state index in [2.05, 4.69) is 0 Å². The molecule has 0 heterocycles. The van der Waals surface area contributed by atoms with Crippen molar-refractivity contribution in [1.29, 1.82) is 0 Å². The van der Waals surface area contributed by atoms with Crippen LogP contribution in [0.1, 0.15) is 18.1 Å². The number of allylic oxidation sites excluding steroid dienone is 1. The Morgan fingerprint density at radius 1 is 0.875 bits per heavy atom. The molecule has 2 aromatic rings. The molecule has 0 saturated carbocycles. The van der Waals surface area contributed by atoms with Gasteiger partial charge in [-0.25, -0.2) is 13.2 Å². The number of esters is 1. The number of ether oxygens (including phenoxy) is 1. The molecule has 0 aromatic heterocycles. The van der Waals surface area contributed by atoms with Crippen LogP contribution in [-0.2, 0) is 19.4 Å². The highest BCUT2D eigenvalue weighted by molar-refractivity contribution is 7.97. The monoisotopic (exact) mass is 342 g/mol. The first-order chi connectivity index (χ1) is 11.4. The first-order valence-electron chi connectivity index (χ1n) is 7.27. The van der Waals surface area contributed by atoms with E-state index in [1.807, 2.05) is 30.3 Å². The lowest BCUT2D eigenvalue weighted by Crippen LogP contribution is -2.06. The smallest absolute Gasteiger partial charge is 0.339 e. The van der Waals surface area contributed by atoms with Gasteiger partial charge in [-0.3, -0.25) is 0 Å². The van der Waals surface area contributed by atoms with E-state index in [0.717, 1.165) is 16.4 Å². The molecule has 0 N–H and O–H groups in total. The third-order valence-electron chi connectivity index (χ3n) is 3.34. The van der Waals surface area contributed by atoms with E-state index in [0.29, 0.717) is 11.1 Å². The van der Waals surface area contributed by atoms with Crippen LogP contribution < -0.4 is 0 Å². The molecular weight excluding hydrogens is 324 g/mol. The van der Waals surface area contributed by atoms with Crippen molar-refractivity contribution < 1.29 is 17.9 Å². The number of hydrogen-bond acceptors (Lipinski definition) is 4. The number of rotatable bonds is 5. The molecule has 124 valence electrons. The van der Waals surface area contributed by atoms with Crippen molar-refractivity contribution in [2.75, 3.05) is 7.11 Å². The zero-order chi connectivity index (χ0) is 17.6. The van der Waals surface area contributed by atoms with Crippen LogP contribution in [0.15, 0.2) is 71.5 Å². The van der Waals surface area contributed by atoms with E-state index in [1.54, 1.807) is 37.3 Å². The molecular formula is C19H18O4S. The van der Waals surface area contributed by atoms with Gasteiger partial charge < -0.3 is 4.74 Å². The third-order valence-corrected chi connectivity index (χ3v) is 4.59. The maximum atomic E-state index is 12.5. The van der Waals surface area contributed by atoms with E-state index in [9.17, 15) is 13.2 Å². The fourth-order valence-corrected chi connectivity index (χ4v) is 3.43. The van der Waals surface area contributed by atoms with E-state index >= 15 is 0 Å². The lowest BCUT2D eigenvalue weighted by molar-refractivity contribution is -0.133. The Labute approximate surface area is 142 Å². The molecule has 24 heavy (non-hydrogen) atoms. The van der Waals surface area contributed by atoms with Gasteiger partial charge in [0.1, 0.15) is 0 Å². The molecule has 0 aliphatic carbocycles. The Morgan fingerprint density at radius 2 is 1.38 bits per heavy atom. The number of sulfone groups is 1. The predicted octanol–water partition coefficient (Wildman–Crippen LogP) is 3.68. The van der Waals surface area contributed by atoms with Crippen LogP contribution in [0.3, 0.4) is 0 Å². The summed E-state index contributed by atoms with van der Waals surface area (Å²) in [5.41, 5.74) is 1.87. The van der Waals surface area contributed by atoms with Crippen LogP contribution >= 0.6 is 0 Å². The third kappa shape index (κ3) is 4.67. The van der Waals surface area contributed by atoms with Gasteiger partial charge >= 0.3 is 5.97 Å².